The number of carbonyl (C=O) groups excluding carboxylic acids is 1. The van der Waals surface area contributed by atoms with Crippen molar-refractivity contribution in [1.29, 1.82) is 0 Å². The van der Waals surface area contributed by atoms with E-state index in [4.69, 9.17) is 0 Å². The van der Waals surface area contributed by atoms with Crippen molar-refractivity contribution in [2.75, 3.05) is 33.2 Å². The van der Waals surface area contributed by atoms with E-state index in [1.165, 1.54) is 0 Å². The summed E-state index contributed by atoms with van der Waals surface area (Å²) < 4.78 is 39.2. The van der Waals surface area contributed by atoms with Crippen LogP contribution in [0.2, 0.25) is 0 Å². The van der Waals surface area contributed by atoms with Crippen LogP contribution in [0.3, 0.4) is 0 Å². The number of rotatable bonds is 4. The molecule has 25 heavy (non-hydrogen) atoms. The summed E-state index contributed by atoms with van der Waals surface area (Å²) in [5, 5.41) is 5.93. The predicted octanol–water partition coefficient (Wildman–Crippen LogP) is 2.33. The van der Waals surface area contributed by atoms with Gasteiger partial charge in [-0.05, 0) is 45.2 Å². The smallest absolute Gasteiger partial charge is 0.342 e. The predicted molar refractivity (Wildman–Crippen MR) is 87.0 cm³/mol. The van der Waals surface area contributed by atoms with Crippen LogP contribution in [0.25, 0.3) is 0 Å². The molecule has 2 aliphatic rings. The Hall–Kier alpha value is -1.57. The lowest BCUT2D eigenvalue weighted by Gasteiger charge is -2.27. The van der Waals surface area contributed by atoms with Crippen LogP contribution in [0, 0.1) is 11.8 Å². The number of nitrogens with zero attached hydrogens (tertiary/aromatic N) is 3. The van der Waals surface area contributed by atoms with E-state index in [2.05, 4.69) is 29.1 Å². The average molecular weight is 358 g/mol. The zero-order chi connectivity index (χ0) is 18.2. The number of aryl methyl sites for hydroxylation is 1. The lowest BCUT2D eigenvalue weighted by molar-refractivity contribution is -0.142. The maximum atomic E-state index is 13.1. The quantitative estimate of drug-likeness (QED) is 0.899. The number of likely N-dealkylation sites (tertiary alicyclic amines) is 1. The summed E-state index contributed by atoms with van der Waals surface area (Å²) in [5.74, 6) is 0.0863. The highest BCUT2D eigenvalue weighted by molar-refractivity contribution is 5.80. The second kappa shape index (κ2) is 6.97. The molecule has 2 heterocycles. The van der Waals surface area contributed by atoms with Gasteiger partial charge in [0.25, 0.3) is 0 Å². The second-order valence-electron chi connectivity index (χ2n) is 7.26. The van der Waals surface area contributed by atoms with E-state index in [0.717, 1.165) is 19.5 Å². The number of fused-ring (bicyclic) bond motifs is 1. The van der Waals surface area contributed by atoms with Crippen LogP contribution in [0.5, 0.6) is 0 Å². The molecule has 0 unspecified atom stereocenters. The first kappa shape index (κ1) is 18.2. The number of H-pyrrole nitrogens is 1. The number of aromatic amines is 1. The fourth-order valence-corrected chi connectivity index (χ4v) is 3.95. The topological polar surface area (TPSA) is 52.2 Å². The van der Waals surface area contributed by atoms with Crippen molar-refractivity contribution in [3.8, 4) is 0 Å². The fraction of sp³-hybridized carbons (Fsp3) is 0.765. The zero-order valence-corrected chi connectivity index (χ0v) is 14.7. The lowest BCUT2D eigenvalue weighted by Crippen LogP contribution is -2.38. The fourth-order valence-electron chi connectivity index (χ4n) is 3.95. The monoisotopic (exact) mass is 358 g/mol. The molecule has 0 bridgehead atoms. The van der Waals surface area contributed by atoms with E-state index >= 15 is 0 Å². The highest BCUT2D eigenvalue weighted by atomic mass is 19.4. The Morgan fingerprint density at radius 2 is 2.16 bits per heavy atom. The van der Waals surface area contributed by atoms with E-state index in [0.29, 0.717) is 37.5 Å². The molecule has 0 aromatic carbocycles. The maximum absolute atomic E-state index is 13.1. The van der Waals surface area contributed by atoms with Gasteiger partial charge in [0, 0.05) is 36.8 Å². The third-order valence-electron chi connectivity index (χ3n) is 5.47. The molecule has 1 aliphatic heterocycles. The van der Waals surface area contributed by atoms with Gasteiger partial charge in [0.05, 0.1) is 0 Å². The first-order valence-corrected chi connectivity index (χ1v) is 8.90. The Labute approximate surface area is 145 Å². The van der Waals surface area contributed by atoms with Crippen LogP contribution < -0.4 is 0 Å². The average Bonchev–Trinajstić information content (AvgIpc) is 3.19. The van der Waals surface area contributed by atoms with Crippen molar-refractivity contribution in [2.45, 2.75) is 38.8 Å². The van der Waals surface area contributed by atoms with Gasteiger partial charge in [-0.1, -0.05) is 6.92 Å². The van der Waals surface area contributed by atoms with Crippen molar-refractivity contribution in [3.05, 3.63) is 17.0 Å². The number of amides is 1. The van der Waals surface area contributed by atoms with Crippen LogP contribution in [-0.4, -0.2) is 59.1 Å². The summed E-state index contributed by atoms with van der Waals surface area (Å²) in [6.45, 7) is 5.44. The van der Waals surface area contributed by atoms with Gasteiger partial charge in [0.2, 0.25) is 5.91 Å². The SMILES string of the molecule is CCN(C)C[C@H]1CCN(C(=O)[C@@H]2CCc3[nH]nc(C(F)(F)F)c3C2)C1. The van der Waals surface area contributed by atoms with Crippen LogP contribution in [0.1, 0.15) is 36.7 Å². The molecule has 5 nitrogen and oxygen atoms in total. The molecule has 0 radical (unpaired) electrons. The first-order chi connectivity index (χ1) is 11.8. The van der Waals surface area contributed by atoms with E-state index in [1.54, 1.807) is 0 Å². The summed E-state index contributed by atoms with van der Waals surface area (Å²) in [7, 11) is 2.06. The Morgan fingerprint density at radius 3 is 2.84 bits per heavy atom. The highest BCUT2D eigenvalue weighted by Gasteiger charge is 2.41. The van der Waals surface area contributed by atoms with Crippen LogP contribution in [0.15, 0.2) is 0 Å². The third kappa shape index (κ3) is 3.83. The van der Waals surface area contributed by atoms with Gasteiger partial charge in [0.1, 0.15) is 0 Å². The summed E-state index contributed by atoms with van der Waals surface area (Å²) in [5.41, 5.74) is -0.150. The zero-order valence-electron chi connectivity index (χ0n) is 14.7. The normalized spacial score (nSPS) is 24.0. The first-order valence-electron chi connectivity index (χ1n) is 8.90. The van der Waals surface area contributed by atoms with E-state index in [1.807, 2.05) is 4.90 Å². The van der Waals surface area contributed by atoms with Crippen molar-refractivity contribution in [1.82, 2.24) is 20.0 Å². The van der Waals surface area contributed by atoms with Gasteiger partial charge in [0.15, 0.2) is 5.69 Å². The summed E-state index contributed by atoms with van der Waals surface area (Å²) in [6.07, 6.45) is -2.34. The number of aromatic nitrogens is 2. The number of carbonyl (C=O) groups is 1. The number of alkyl halides is 3. The Kier molecular flexibility index (Phi) is 5.09. The molecule has 140 valence electrons. The van der Waals surface area contributed by atoms with E-state index in [-0.39, 0.29) is 23.8 Å². The highest BCUT2D eigenvalue weighted by Crippen LogP contribution is 2.36. The van der Waals surface area contributed by atoms with Gasteiger partial charge in [-0.25, -0.2) is 0 Å². The number of halogens is 3. The molecule has 1 N–H and O–H groups in total. The van der Waals surface area contributed by atoms with Gasteiger partial charge in [-0.2, -0.15) is 18.3 Å². The minimum atomic E-state index is -4.47. The van der Waals surface area contributed by atoms with Crippen molar-refractivity contribution in [2.24, 2.45) is 11.8 Å². The largest absolute Gasteiger partial charge is 0.435 e. The molecule has 3 rings (SSSR count). The minimum absolute atomic E-state index is 0.00151. The maximum Gasteiger partial charge on any atom is 0.435 e. The molecular formula is C17H25F3N4O. The second-order valence-corrected chi connectivity index (χ2v) is 7.26. The van der Waals surface area contributed by atoms with Gasteiger partial charge < -0.3 is 9.80 Å². The van der Waals surface area contributed by atoms with Gasteiger partial charge in [-0.15, -0.1) is 0 Å². The standard InChI is InChI=1S/C17H25F3N4O/c1-3-23(2)9-11-6-7-24(10-11)16(25)12-4-5-14-13(8-12)15(22-21-14)17(18,19)20/h11-12H,3-10H2,1-2H3,(H,21,22)/t11-,12-/m1/s1. The summed E-state index contributed by atoms with van der Waals surface area (Å²) in [4.78, 5) is 16.9. The summed E-state index contributed by atoms with van der Waals surface area (Å²) in [6, 6.07) is 0. The molecule has 0 saturated carbocycles. The molecule has 1 amide bonds. The molecule has 1 saturated heterocycles. The van der Waals surface area contributed by atoms with Crippen LogP contribution in [0.4, 0.5) is 13.2 Å². The van der Waals surface area contributed by atoms with Crippen molar-refractivity contribution in [3.63, 3.8) is 0 Å². The molecular weight excluding hydrogens is 333 g/mol. The molecule has 1 aromatic rings. The summed E-state index contributed by atoms with van der Waals surface area (Å²) >= 11 is 0. The van der Waals surface area contributed by atoms with Crippen molar-refractivity contribution >= 4 is 5.91 Å². The minimum Gasteiger partial charge on any atom is -0.342 e. The van der Waals surface area contributed by atoms with Crippen molar-refractivity contribution < 1.29 is 18.0 Å². The van der Waals surface area contributed by atoms with Crippen LogP contribution >= 0.6 is 0 Å². The molecule has 1 fully saturated rings. The van der Waals surface area contributed by atoms with Gasteiger partial charge >= 0.3 is 6.18 Å². The van der Waals surface area contributed by atoms with E-state index < -0.39 is 11.9 Å². The number of nitrogens with one attached hydrogen (secondary N) is 1. The molecule has 1 aromatic heterocycles. The molecule has 8 heteroatoms. The Bertz CT molecular complexity index is 628. The third-order valence-corrected chi connectivity index (χ3v) is 5.47. The number of hydrogen-bond donors (Lipinski definition) is 1. The van der Waals surface area contributed by atoms with Crippen LogP contribution in [-0.2, 0) is 23.8 Å². The molecule has 0 spiro atoms. The van der Waals surface area contributed by atoms with E-state index in [9.17, 15) is 18.0 Å². The molecule has 2 atom stereocenters. The van der Waals surface area contributed by atoms with Gasteiger partial charge in [-0.3, -0.25) is 9.89 Å². The Balaban J connectivity index is 1.64. The lowest BCUT2D eigenvalue weighted by atomic mass is 9.85. The Morgan fingerprint density at radius 1 is 1.40 bits per heavy atom. The number of hydrogen-bond acceptors (Lipinski definition) is 3. The molecule has 1 aliphatic carbocycles.